The third kappa shape index (κ3) is 3.52. The Morgan fingerprint density at radius 1 is 0.969 bits per heavy atom. The van der Waals surface area contributed by atoms with Gasteiger partial charge in [-0.25, -0.2) is 0 Å². The predicted molar refractivity (Wildman–Crippen MR) is 101 cm³/mol. The summed E-state index contributed by atoms with van der Waals surface area (Å²) in [6.45, 7) is -0.0480. The van der Waals surface area contributed by atoms with E-state index in [0.717, 1.165) is 28.8 Å². The van der Waals surface area contributed by atoms with Crippen molar-refractivity contribution in [1.82, 2.24) is 10.2 Å². The van der Waals surface area contributed by atoms with Crippen molar-refractivity contribution in [2.45, 2.75) is 30.9 Å². The van der Waals surface area contributed by atoms with Crippen LogP contribution in [-0.4, -0.2) is 33.6 Å². The van der Waals surface area contributed by atoms with Gasteiger partial charge in [-0.2, -0.15) is 31.4 Å². The second-order valence-corrected chi connectivity index (χ2v) is 7.39. The molecule has 2 aromatic carbocycles. The minimum absolute atomic E-state index is 0.0480. The molecule has 0 fully saturated rings. The normalized spacial score (nSPS) is 14.7. The van der Waals surface area contributed by atoms with Crippen LogP contribution in [0.1, 0.15) is 16.7 Å². The molecule has 32 heavy (non-hydrogen) atoms. The molecule has 168 valence electrons. The summed E-state index contributed by atoms with van der Waals surface area (Å²) >= 11 is 0. The zero-order chi connectivity index (χ0) is 23.3. The van der Waals surface area contributed by atoms with Crippen LogP contribution in [0, 0.1) is 0 Å². The number of anilines is 1. The highest BCUT2D eigenvalue weighted by molar-refractivity contribution is 6.01. The molecular formula is C21H15F6N3O2. The number of carbonyl (C=O) groups excluding carboxylic acids is 1. The molecule has 1 aromatic heterocycles. The van der Waals surface area contributed by atoms with Gasteiger partial charge in [-0.05, 0) is 28.8 Å². The van der Waals surface area contributed by atoms with Crippen molar-refractivity contribution >= 4 is 11.6 Å². The summed E-state index contributed by atoms with van der Waals surface area (Å²) in [5.74, 6) is -0.254. The molecule has 2 heterocycles. The molecule has 2 N–H and O–H groups in total. The van der Waals surface area contributed by atoms with Crippen LogP contribution in [0.3, 0.4) is 0 Å². The molecule has 1 aliphatic rings. The molecule has 3 aromatic rings. The highest BCUT2D eigenvalue weighted by atomic mass is 19.4. The average molecular weight is 455 g/mol. The second kappa shape index (κ2) is 7.37. The number of rotatable bonds is 4. The predicted octanol–water partition coefficient (Wildman–Crippen LogP) is 4.48. The van der Waals surface area contributed by atoms with Gasteiger partial charge in [0.15, 0.2) is 0 Å². The molecule has 0 radical (unpaired) electrons. The van der Waals surface area contributed by atoms with E-state index >= 15 is 0 Å². The Hall–Kier alpha value is -3.34. The quantitative estimate of drug-likeness (QED) is 0.571. The van der Waals surface area contributed by atoms with Gasteiger partial charge >= 0.3 is 12.4 Å². The number of amides is 1. The highest BCUT2D eigenvalue weighted by Crippen LogP contribution is 2.50. The fourth-order valence-corrected chi connectivity index (χ4v) is 3.67. The van der Waals surface area contributed by atoms with Gasteiger partial charge in [0.1, 0.15) is 0 Å². The van der Waals surface area contributed by atoms with E-state index in [1.807, 2.05) is 6.07 Å². The van der Waals surface area contributed by atoms with Gasteiger partial charge < -0.3 is 10.0 Å². The summed E-state index contributed by atoms with van der Waals surface area (Å²) in [5.41, 5.74) is -3.01. The molecule has 5 nitrogen and oxygen atoms in total. The minimum Gasteiger partial charge on any atom is -0.369 e. The lowest BCUT2D eigenvalue weighted by molar-refractivity contribution is -0.376. The maximum absolute atomic E-state index is 13.0. The molecule has 0 bridgehead atoms. The van der Waals surface area contributed by atoms with Gasteiger partial charge in [-0.3, -0.25) is 9.89 Å². The number of nitrogens with zero attached hydrogens (tertiary/aromatic N) is 2. The lowest BCUT2D eigenvalue weighted by Gasteiger charge is -2.32. The van der Waals surface area contributed by atoms with Crippen molar-refractivity contribution in [2.24, 2.45) is 0 Å². The van der Waals surface area contributed by atoms with Crippen LogP contribution in [0.5, 0.6) is 0 Å². The molecule has 0 saturated carbocycles. The fraction of sp³-hybridized carbons (Fsp3) is 0.238. The summed E-state index contributed by atoms with van der Waals surface area (Å²) in [7, 11) is 0. The Morgan fingerprint density at radius 3 is 2.19 bits per heavy atom. The topological polar surface area (TPSA) is 69.2 Å². The number of aromatic amines is 1. The molecule has 0 aliphatic carbocycles. The first kappa shape index (κ1) is 21.9. The zero-order valence-electron chi connectivity index (χ0n) is 16.1. The summed E-state index contributed by atoms with van der Waals surface area (Å²) in [4.78, 5) is 13.9. The number of hydrogen-bond acceptors (Lipinski definition) is 3. The molecule has 4 rings (SSSR count). The average Bonchev–Trinajstić information content (AvgIpc) is 3.34. The maximum atomic E-state index is 13.0. The Kier molecular flexibility index (Phi) is 5.04. The summed E-state index contributed by atoms with van der Waals surface area (Å²) < 4.78 is 78.2. The molecule has 0 spiro atoms. The maximum Gasteiger partial charge on any atom is 0.430 e. The van der Waals surface area contributed by atoms with Gasteiger partial charge in [0.05, 0.1) is 19.2 Å². The number of carbonyl (C=O) groups is 1. The number of halogens is 6. The van der Waals surface area contributed by atoms with E-state index < -0.39 is 23.5 Å². The first-order valence-corrected chi connectivity index (χ1v) is 9.29. The van der Waals surface area contributed by atoms with Crippen molar-refractivity contribution in [3.8, 4) is 11.1 Å². The van der Waals surface area contributed by atoms with Crippen molar-refractivity contribution in [2.75, 3.05) is 4.90 Å². The van der Waals surface area contributed by atoms with E-state index in [2.05, 4.69) is 10.2 Å². The van der Waals surface area contributed by atoms with Crippen LogP contribution in [0.15, 0.2) is 54.9 Å². The molecule has 11 heteroatoms. The van der Waals surface area contributed by atoms with Gasteiger partial charge in [-0.1, -0.05) is 30.3 Å². The molecular weight excluding hydrogens is 440 g/mol. The van der Waals surface area contributed by atoms with Crippen LogP contribution in [0.4, 0.5) is 32.0 Å². The molecule has 0 atom stereocenters. The lowest BCUT2D eigenvalue weighted by Crippen LogP contribution is -2.53. The zero-order valence-corrected chi connectivity index (χ0v) is 16.1. The van der Waals surface area contributed by atoms with Gasteiger partial charge in [0.2, 0.25) is 5.91 Å². The van der Waals surface area contributed by atoms with E-state index in [0.29, 0.717) is 23.4 Å². The highest BCUT2D eigenvalue weighted by Gasteiger charge is 2.71. The van der Waals surface area contributed by atoms with Crippen LogP contribution in [0.2, 0.25) is 0 Å². The van der Waals surface area contributed by atoms with E-state index in [4.69, 9.17) is 0 Å². The molecule has 0 unspecified atom stereocenters. The number of aromatic nitrogens is 2. The van der Waals surface area contributed by atoms with Crippen LogP contribution in [-0.2, 0) is 23.4 Å². The standard InChI is InChI=1S/C21H15F6N3O2/c22-20(23,24)19(32,21(25,26)27)16-4-1-12(2-5-16)11-30-17-6-3-13(15-9-28-29-10-15)7-14(17)8-18(30)31/h1-7,9-10,32H,8,11H2,(H,28,29). The summed E-state index contributed by atoms with van der Waals surface area (Å²) in [5, 5.41) is 16.1. The van der Waals surface area contributed by atoms with Crippen molar-refractivity contribution < 1.29 is 36.2 Å². The van der Waals surface area contributed by atoms with Gasteiger partial charge in [0, 0.05) is 23.0 Å². The van der Waals surface area contributed by atoms with Gasteiger partial charge in [-0.15, -0.1) is 0 Å². The summed E-state index contributed by atoms with van der Waals surface area (Å²) in [6, 6.07) is 8.54. The van der Waals surface area contributed by atoms with E-state index in [1.54, 1.807) is 24.5 Å². The fourth-order valence-electron chi connectivity index (χ4n) is 3.67. The number of nitrogens with one attached hydrogen (secondary N) is 1. The second-order valence-electron chi connectivity index (χ2n) is 7.39. The van der Waals surface area contributed by atoms with Crippen LogP contribution >= 0.6 is 0 Å². The Labute approximate surface area is 177 Å². The first-order valence-electron chi connectivity index (χ1n) is 9.29. The molecule has 1 amide bonds. The third-order valence-corrected chi connectivity index (χ3v) is 5.38. The number of alkyl halides is 6. The molecule has 1 aliphatic heterocycles. The van der Waals surface area contributed by atoms with E-state index in [-0.39, 0.29) is 18.9 Å². The third-order valence-electron chi connectivity index (χ3n) is 5.38. The number of benzene rings is 2. The Balaban J connectivity index is 1.59. The van der Waals surface area contributed by atoms with E-state index in [9.17, 15) is 36.2 Å². The summed E-state index contributed by atoms with van der Waals surface area (Å²) in [6.07, 6.45) is -8.48. The van der Waals surface area contributed by atoms with Crippen LogP contribution < -0.4 is 4.90 Å². The number of fused-ring (bicyclic) bond motifs is 1. The monoisotopic (exact) mass is 455 g/mol. The molecule has 0 saturated heterocycles. The van der Waals surface area contributed by atoms with E-state index in [1.165, 1.54) is 4.90 Å². The Morgan fingerprint density at radius 2 is 1.62 bits per heavy atom. The largest absolute Gasteiger partial charge is 0.430 e. The Bertz CT molecular complexity index is 1120. The van der Waals surface area contributed by atoms with Crippen molar-refractivity contribution in [3.05, 3.63) is 71.5 Å². The first-order chi connectivity index (χ1) is 14.9. The number of aliphatic hydroxyl groups is 1. The lowest BCUT2D eigenvalue weighted by atomic mass is 9.91. The van der Waals surface area contributed by atoms with Gasteiger partial charge in [0.25, 0.3) is 5.60 Å². The number of hydrogen-bond donors (Lipinski definition) is 2. The smallest absolute Gasteiger partial charge is 0.369 e. The van der Waals surface area contributed by atoms with Crippen LogP contribution in [0.25, 0.3) is 11.1 Å². The van der Waals surface area contributed by atoms with Crippen molar-refractivity contribution in [3.63, 3.8) is 0 Å². The van der Waals surface area contributed by atoms with Crippen molar-refractivity contribution in [1.29, 1.82) is 0 Å². The minimum atomic E-state index is -5.96. The number of H-pyrrole nitrogens is 1. The SMILES string of the molecule is O=C1Cc2cc(-c3cn[nH]c3)ccc2N1Cc1ccc(C(O)(C(F)(F)F)C(F)(F)F)cc1.